The second-order valence-electron chi connectivity index (χ2n) is 6.19. The molecular weight excluding hydrogens is 325 g/mol. The van der Waals surface area contributed by atoms with Gasteiger partial charge in [-0.3, -0.25) is 4.79 Å². The second-order valence-corrected chi connectivity index (χ2v) is 7.67. The Labute approximate surface area is 140 Å². The number of alkyl halides is 2. The molecule has 0 radical (unpaired) electrons. The lowest BCUT2D eigenvalue weighted by Gasteiger charge is -2.16. The van der Waals surface area contributed by atoms with Crippen LogP contribution in [-0.4, -0.2) is 23.0 Å². The third-order valence-electron chi connectivity index (χ3n) is 4.31. The summed E-state index contributed by atoms with van der Waals surface area (Å²) in [5.41, 5.74) is 0.916. The predicted molar refractivity (Wildman–Crippen MR) is 87.2 cm³/mol. The first-order valence-electron chi connectivity index (χ1n) is 7.42. The molecule has 4 nitrogen and oxygen atoms in total. The van der Waals surface area contributed by atoms with E-state index < -0.39 is 9.75 Å². The molecule has 6 heteroatoms. The number of carbonyl (C=O) groups is 1. The van der Waals surface area contributed by atoms with Gasteiger partial charge in [0.25, 0.3) is 0 Å². The van der Waals surface area contributed by atoms with Gasteiger partial charge >= 0.3 is 0 Å². The zero-order valence-corrected chi connectivity index (χ0v) is 14.3. The quantitative estimate of drug-likeness (QED) is 0.842. The summed E-state index contributed by atoms with van der Waals surface area (Å²) in [6.07, 6.45) is 1.42. The summed E-state index contributed by atoms with van der Waals surface area (Å²) in [6, 6.07) is 3.75. The van der Waals surface area contributed by atoms with E-state index in [2.05, 4.69) is 5.32 Å². The Morgan fingerprint density at radius 1 is 1.50 bits per heavy atom. The van der Waals surface area contributed by atoms with Crippen LogP contribution < -0.4 is 14.8 Å². The SMILES string of the molecule is CCOc1cc2c(cc1NC(=O)C1(C)CC1(Cl)Cl)OC(C)C2. The van der Waals surface area contributed by atoms with Gasteiger partial charge in [0.2, 0.25) is 5.91 Å². The molecule has 0 bridgehead atoms. The molecule has 2 aliphatic rings. The predicted octanol–water partition coefficient (Wildman–Crippen LogP) is 3.93. The van der Waals surface area contributed by atoms with Crippen LogP contribution in [0.25, 0.3) is 0 Å². The maximum absolute atomic E-state index is 12.5. The molecule has 1 aromatic carbocycles. The van der Waals surface area contributed by atoms with E-state index in [1.165, 1.54) is 0 Å². The monoisotopic (exact) mass is 343 g/mol. The van der Waals surface area contributed by atoms with Crippen molar-refractivity contribution in [3.63, 3.8) is 0 Å². The van der Waals surface area contributed by atoms with Gasteiger partial charge in [-0.15, -0.1) is 23.2 Å². The van der Waals surface area contributed by atoms with Crippen LogP contribution in [0.5, 0.6) is 11.5 Å². The van der Waals surface area contributed by atoms with Crippen molar-refractivity contribution >= 4 is 34.8 Å². The molecule has 1 aliphatic heterocycles. The number of hydrogen-bond acceptors (Lipinski definition) is 3. The first-order valence-corrected chi connectivity index (χ1v) is 8.18. The summed E-state index contributed by atoms with van der Waals surface area (Å²) in [5.74, 6) is 1.23. The maximum atomic E-state index is 12.5. The molecule has 0 saturated heterocycles. The molecule has 1 amide bonds. The number of ether oxygens (including phenoxy) is 2. The summed E-state index contributed by atoms with van der Waals surface area (Å²) in [6.45, 7) is 6.20. The molecule has 1 aliphatic carbocycles. The molecular formula is C16H19Cl2NO3. The third-order valence-corrected chi connectivity index (χ3v) is 5.41. The number of hydrogen-bond donors (Lipinski definition) is 1. The van der Waals surface area contributed by atoms with Crippen molar-refractivity contribution < 1.29 is 14.3 Å². The standard InChI is InChI=1S/C16H19Cl2NO3/c1-4-21-13-6-10-5-9(2)22-12(10)7-11(13)19-14(20)15(3)8-16(15,17)18/h6-7,9H,4-5,8H2,1-3H3,(H,19,20). The number of fused-ring (bicyclic) bond motifs is 1. The largest absolute Gasteiger partial charge is 0.492 e. The van der Waals surface area contributed by atoms with Crippen molar-refractivity contribution in [3.8, 4) is 11.5 Å². The molecule has 1 aromatic rings. The number of nitrogens with one attached hydrogen (secondary N) is 1. The Kier molecular flexibility index (Phi) is 3.73. The fourth-order valence-electron chi connectivity index (χ4n) is 2.72. The maximum Gasteiger partial charge on any atom is 0.233 e. The van der Waals surface area contributed by atoms with Crippen LogP contribution >= 0.6 is 23.2 Å². The molecule has 22 heavy (non-hydrogen) atoms. The number of benzene rings is 1. The van der Waals surface area contributed by atoms with E-state index in [-0.39, 0.29) is 12.0 Å². The zero-order chi connectivity index (χ0) is 16.1. The Morgan fingerprint density at radius 2 is 2.18 bits per heavy atom. The molecule has 0 spiro atoms. The van der Waals surface area contributed by atoms with Crippen LogP contribution in [0.15, 0.2) is 12.1 Å². The summed E-state index contributed by atoms with van der Waals surface area (Å²) in [7, 11) is 0. The highest BCUT2D eigenvalue weighted by molar-refractivity contribution is 6.53. The number of carbonyl (C=O) groups excluding carboxylic acids is 1. The minimum absolute atomic E-state index is 0.134. The topological polar surface area (TPSA) is 47.6 Å². The number of halogens is 2. The average Bonchev–Trinajstić information content (AvgIpc) is 2.76. The van der Waals surface area contributed by atoms with E-state index >= 15 is 0 Å². The summed E-state index contributed by atoms with van der Waals surface area (Å²) in [4.78, 5) is 12.5. The van der Waals surface area contributed by atoms with Crippen LogP contribution in [0, 0.1) is 5.41 Å². The minimum Gasteiger partial charge on any atom is -0.492 e. The van der Waals surface area contributed by atoms with Gasteiger partial charge in [0.05, 0.1) is 17.7 Å². The van der Waals surface area contributed by atoms with Gasteiger partial charge in [0.15, 0.2) is 0 Å². The normalized spacial score (nSPS) is 27.8. The molecule has 2 unspecified atom stereocenters. The highest BCUT2D eigenvalue weighted by Crippen LogP contribution is 2.64. The zero-order valence-electron chi connectivity index (χ0n) is 12.8. The van der Waals surface area contributed by atoms with Gasteiger partial charge in [-0.2, -0.15) is 0 Å². The van der Waals surface area contributed by atoms with E-state index in [9.17, 15) is 4.79 Å². The van der Waals surface area contributed by atoms with Crippen molar-refractivity contribution in [2.24, 2.45) is 5.41 Å². The van der Waals surface area contributed by atoms with Gasteiger partial charge in [-0.1, -0.05) is 0 Å². The molecule has 0 aromatic heterocycles. The van der Waals surface area contributed by atoms with Crippen molar-refractivity contribution in [2.75, 3.05) is 11.9 Å². The highest BCUT2D eigenvalue weighted by atomic mass is 35.5. The van der Waals surface area contributed by atoms with E-state index in [1.54, 1.807) is 6.92 Å². The molecule has 1 saturated carbocycles. The van der Waals surface area contributed by atoms with E-state index in [4.69, 9.17) is 32.7 Å². The lowest BCUT2D eigenvalue weighted by molar-refractivity contribution is -0.120. The van der Waals surface area contributed by atoms with Crippen molar-refractivity contribution in [3.05, 3.63) is 17.7 Å². The molecule has 1 heterocycles. The molecule has 1 fully saturated rings. The summed E-state index contributed by atoms with van der Waals surface area (Å²) in [5, 5.41) is 2.89. The van der Waals surface area contributed by atoms with Crippen LogP contribution in [0.2, 0.25) is 0 Å². The summed E-state index contributed by atoms with van der Waals surface area (Å²) >= 11 is 12.1. The summed E-state index contributed by atoms with van der Waals surface area (Å²) < 4.78 is 10.4. The number of rotatable bonds is 4. The Bertz CT molecular complexity index is 632. The van der Waals surface area contributed by atoms with E-state index in [0.29, 0.717) is 24.5 Å². The van der Waals surface area contributed by atoms with Crippen LogP contribution in [0.4, 0.5) is 5.69 Å². The fraction of sp³-hybridized carbons (Fsp3) is 0.562. The lowest BCUT2D eigenvalue weighted by atomic mass is 10.1. The number of anilines is 1. The van der Waals surface area contributed by atoms with Crippen molar-refractivity contribution in [1.29, 1.82) is 0 Å². The average molecular weight is 344 g/mol. The Balaban J connectivity index is 1.87. The van der Waals surface area contributed by atoms with Crippen molar-refractivity contribution in [1.82, 2.24) is 0 Å². The first kappa shape index (κ1) is 15.8. The fourth-order valence-corrected chi connectivity index (χ4v) is 3.42. The van der Waals surface area contributed by atoms with Gasteiger partial charge in [-0.05, 0) is 33.3 Å². The smallest absolute Gasteiger partial charge is 0.233 e. The van der Waals surface area contributed by atoms with E-state index in [0.717, 1.165) is 17.7 Å². The second kappa shape index (κ2) is 5.20. The molecule has 1 N–H and O–H groups in total. The highest BCUT2D eigenvalue weighted by Gasteiger charge is 2.68. The van der Waals surface area contributed by atoms with Gasteiger partial charge < -0.3 is 14.8 Å². The van der Waals surface area contributed by atoms with E-state index in [1.807, 2.05) is 26.0 Å². The van der Waals surface area contributed by atoms with Crippen LogP contribution in [0.1, 0.15) is 32.8 Å². The van der Waals surface area contributed by atoms with Crippen molar-refractivity contribution in [2.45, 2.75) is 44.1 Å². The first-order chi connectivity index (χ1) is 10.3. The third kappa shape index (κ3) is 2.52. The van der Waals surface area contributed by atoms with Gasteiger partial charge in [0.1, 0.15) is 21.9 Å². The van der Waals surface area contributed by atoms with Gasteiger partial charge in [-0.25, -0.2) is 0 Å². The van der Waals surface area contributed by atoms with Crippen LogP contribution in [-0.2, 0) is 11.2 Å². The lowest BCUT2D eigenvalue weighted by Crippen LogP contribution is -2.26. The molecule has 120 valence electrons. The molecule has 2 atom stereocenters. The molecule has 3 rings (SSSR count). The Morgan fingerprint density at radius 3 is 2.77 bits per heavy atom. The number of amides is 1. The van der Waals surface area contributed by atoms with Crippen LogP contribution in [0.3, 0.4) is 0 Å². The Hall–Kier alpha value is -1.13. The minimum atomic E-state index is -0.995. The van der Waals surface area contributed by atoms with Gasteiger partial charge in [0, 0.05) is 18.1 Å².